The van der Waals surface area contributed by atoms with E-state index in [2.05, 4.69) is 10.2 Å². The van der Waals surface area contributed by atoms with E-state index in [1.807, 2.05) is 61.0 Å². The maximum absolute atomic E-state index is 12.6. The number of hydrogen-bond donors (Lipinski definition) is 1. The third-order valence-electron chi connectivity index (χ3n) is 5.79. The van der Waals surface area contributed by atoms with E-state index in [1.165, 1.54) is 10.6 Å². The lowest BCUT2D eigenvalue weighted by molar-refractivity contribution is 0.102. The highest BCUT2D eigenvalue weighted by molar-refractivity contribution is 7.88. The molecular weight excluding hydrogens is 414 g/mol. The molecule has 1 fully saturated rings. The number of aromatic nitrogens is 2. The number of nitrogens with zero attached hydrogens (tertiary/aromatic N) is 4. The number of piperazine rings is 1. The SMILES string of the molecule is Cc1ccccc1C(=O)Nc1ccc2c(c1)nc(CN1CCN(S(C)(=O)=O)CC1)n2C. The van der Waals surface area contributed by atoms with E-state index >= 15 is 0 Å². The molecular formula is C22H27N5O3S. The zero-order chi connectivity index (χ0) is 22.2. The first-order chi connectivity index (χ1) is 14.7. The number of imidazole rings is 1. The normalized spacial score (nSPS) is 16.0. The molecule has 0 atom stereocenters. The van der Waals surface area contributed by atoms with Crippen molar-refractivity contribution in [2.24, 2.45) is 7.05 Å². The highest BCUT2D eigenvalue weighted by Crippen LogP contribution is 2.22. The van der Waals surface area contributed by atoms with Gasteiger partial charge in [-0.05, 0) is 36.8 Å². The molecule has 2 aromatic carbocycles. The lowest BCUT2D eigenvalue weighted by atomic mass is 10.1. The van der Waals surface area contributed by atoms with Crippen molar-refractivity contribution in [3.8, 4) is 0 Å². The molecule has 1 aliphatic rings. The molecule has 0 unspecified atom stereocenters. The summed E-state index contributed by atoms with van der Waals surface area (Å²) in [6.45, 7) is 4.91. The Bertz CT molecular complexity index is 1230. The Hall–Kier alpha value is -2.75. The van der Waals surface area contributed by atoms with Crippen LogP contribution in [-0.2, 0) is 23.6 Å². The van der Waals surface area contributed by atoms with Crippen LogP contribution in [0.25, 0.3) is 11.0 Å². The van der Waals surface area contributed by atoms with Gasteiger partial charge in [-0.3, -0.25) is 9.69 Å². The molecule has 8 nitrogen and oxygen atoms in total. The molecule has 1 saturated heterocycles. The van der Waals surface area contributed by atoms with Crippen molar-refractivity contribution in [3.63, 3.8) is 0 Å². The average Bonchev–Trinajstić information content (AvgIpc) is 3.02. The summed E-state index contributed by atoms with van der Waals surface area (Å²) in [6, 6.07) is 13.2. The predicted molar refractivity (Wildman–Crippen MR) is 122 cm³/mol. The maximum Gasteiger partial charge on any atom is 0.255 e. The van der Waals surface area contributed by atoms with Gasteiger partial charge in [-0.25, -0.2) is 13.4 Å². The first kappa shape index (κ1) is 21.5. The van der Waals surface area contributed by atoms with E-state index in [0.717, 1.165) is 22.4 Å². The summed E-state index contributed by atoms with van der Waals surface area (Å²) in [4.78, 5) is 19.6. The van der Waals surface area contributed by atoms with Crippen molar-refractivity contribution in [2.75, 3.05) is 37.8 Å². The highest BCUT2D eigenvalue weighted by Gasteiger charge is 2.24. The van der Waals surface area contributed by atoms with Gasteiger partial charge in [-0.1, -0.05) is 18.2 Å². The zero-order valence-corrected chi connectivity index (χ0v) is 18.8. The van der Waals surface area contributed by atoms with Crippen LogP contribution < -0.4 is 5.32 Å². The second-order valence-corrected chi connectivity index (χ2v) is 9.98. The predicted octanol–water partition coefficient (Wildman–Crippen LogP) is 2.21. The van der Waals surface area contributed by atoms with E-state index < -0.39 is 10.0 Å². The summed E-state index contributed by atoms with van der Waals surface area (Å²) in [7, 11) is -1.16. The average molecular weight is 442 g/mol. The van der Waals surface area contributed by atoms with Crippen LogP contribution in [0, 0.1) is 6.92 Å². The van der Waals surface area contributed by atoms with E-state index in [-0.39, 0.29) is 5.91 Å². The Morgan fingerprint density at radius 1 is 1.10 bits per heavy atom. The molecule has 1 aromatic heterocycles. The molecule has 0 spiro atoms. The molecule has 0 radical (unpaired) electrons. The molecule has 0 aliphatic carbocycles. The third-order valence-corrected chi connectivity index (χ3v) is 7.09. The van der Waals surface area contributed by atoms with Gasteiger partial charge in [0.25, 0.3) is 5.91 Å². The lowest BCUT2D eigenvalue weighted by Gasteiger charge is -2.32. The number of sulfonamides is 1. The molecule has 9 heteroatoms. The first-order valence-electron chi connectivity index (χ1n) is 10.2. The number of nitrogens with one attached hydrogen (secondary N) is 1. The Morgan fingerprint density at radius 3 is 2.48 bits per heavy atom. The number of rotatable bonds is 5. The van der Waals surface area contributed by atoms with Crippen LogP contribution in [0.5, 0.6) is 0 Å². The number of carbonyl (C=O) groups excluding carboxylic acids is 1. The number of amides is 1. The highest BCUT2D eigenvalue weighted by atomic mass is 32.2. The van der Waals surface area contributed by atoms with Crippen molar-refractivity contribution in [1.29, 1.82) is 0 Å². The minimum Gasteiger partial charge on any atom is -0.330 e. The maximum atomic E-state index is 12.6. The van der Waals surface area contributed by atoms with Gasteiger partial charge in [0.2, 0.25) is 10.0 Å². The summed E-state index contributed by atoms with van der Waals surface area (Å²) in [5, 5.41) is 2.96. The number of carbonyl (C=O) groups is 1. The minimum absolute atomic E-state index is 0.141. The van der Waals surface area contributed by atoms with Gasteiger partial charge < -0.3 is 9.88 Å². The largest absolute Gasteiger partial charge is 0.330 e. The molecule has 164 valence electrons. The lowest BCUT2D eigenvalue weighted by Crippen LogP contribution is -2.48. The molecule has 1 N–H and O–H groups in total. The van der Waals surface area contributed by atoms with Crippen LogP contribution in [-0.4, -0.2) is 65.5 Å². The summed E-state index contributed by atoms with van der Waals surface area (Å²) >= 11 is 0. The van der Waals surface area contributed by atoms with E-state index in [0.29, 0.717) is 44.0 Å². The Kier molecular flexibility index (Phi) is 5.83. The van der Waals surface area contributed by atoms with Crippen molar-refractivity contribution >= 4 is 32.7 Å². The fraction of sp³-hybridized carbons (Fsp3) is 0.364. The summed E-state index contributed by atoms with van der Waals surface area (Å²) in [5.41, 5.74) is 4.08. The molecule has 1 amide bonds. The molecule has 0 saturated carbocycles. The fourth-order valence-electron chi connectivity index (χ4n) is 3.91. The minimum atomic E-state index is -3.14. The van der Waals surface area contributed by atoms with Crippen LogP contribution in [0.4, 0.5) is 5.69 Å². The van der Waals surface area contributed by atoms with Gasteiger partial charge in [0.05, 0.1) is 23.8 Å². The van der Waals surface area contributed by atoms with E-state index in [4.69, 9.17) is 4.98 Å². The van der Waals surface area contributed by atoms with Crippen molar-refractivity contribution in [3.05, 3.63) is 59.4 Å². The summed E-state index contributed by atoms with van der Waals surface area (Å²) in [5.74, 6) is 0.766. The van der Waals surface area contributed by atoms with E-state index in [1.54, 1.807) is 0 Å². The van der Waals surface area contributed by atoms with Gasteiger partial charge in [-0.15, -0.1) is 0 Å². The standard InChI is InChI=1S/C22H27N5O3S/c1-16-6-4-5-7-18(16)22(28)23-17-8-9-20-19(14-17)24-21(25(20)2)15-26-10-12-27(13-11-26)31(3,29)30/h4-9,14H,10-13,15H2,1-3H3,(H,23,28). The first-order valence-corrected chi connectivity index (χ1v) is 12.1. The van der Waals surface area contributed by atoms with Crippen LogP contribution in [0.2, 0.25) is 0 Å². The summed E-state index contributed by atoms with van der Waals surface area (Å²) < 4.78 is 27.0. The monoisotopic (exact) mass is 441 g/mol. The number of hydrogen-bond acceptors (Lipinski definition) is 5. The Labute approximate surface area is 182 Å². The topological polar surface area (TPSA) is 87.5 Å². The summed E-state index contributed by atoms with van der Waals surface area (Å²) in [6.07, 6.45) is 1.25. The van der Waals surface area contributed by atoms with E-state index in [9.17, 15) is 13.2 Å². The quantitative estimate of drug-likeness (QED) is 0.656. The number of aryl methyl sites for hydroxylation is 2. The van der Waals surface area contributed by atoms with Crippen molar-refractivity contribution < 1.29 is 13.2 Å². The van der Waals surface area contributed by atoms with Gasteiger partial charge in [-0.2, -0.15) is 4.31 Å². The molecule has 2 heterocycles. The van der Waals surface area contributed by atoms with Crippen LogP contribution in [0.1, 0.15) is 21.7 Å². The Morgan fingerprint density at radius 2 is 1.81 bits per heavy atom. The van der Waals surface area contributed by atoms with Crippen LogP contribution >= 0.6 is 0 Å². The zero-order valence-electron chi connectivity index (χ0n) is 18.0. The van der Waals surface area contributed by atoms with Crippen molar-refractivity contribution in [2.45, 2.75) is 13.5 Å². The van der Waals surface area contributed by atoms with Crippen molar-refractivity contribution in [1.82, 2.24) is 18.8 Å². The third kappa shape index (κ3) is 4.63. The van der Waals surface area contributed by atoms with Gasteiger partial charge >= 0.3 is 0 Å². The van der Waals surface area contributed by atoms with Crippen LogP contribution in [0.15, 0.2) is 42.5 Å². The van der Waals surface area contributed by atoms with Gasteiger partial charge in [0.1, 0.15) is 5.82 Å². The second-order valence-electron chi connectivity index (χ2n) is 8.00. The molecule has 1 aliphatic heterocycles. The van der Waals surface area contributed by atoms with Gasteiger partial charge in [0.15, 0.2) is 0 Å². The fourth-order valence-corrected chi connectivity index (χ4v) is 4.74. The van der Waals surface area contributed by atoms with Gasteiger partial charge in [0, 0.05) is 44.5 Å². The molecule has 0 bridgehead atoms. The second kappa shape index (κ2) is 8.41. The number of benzene rings is 2. The number of fused-ring (bicyclic) bond motifs is 1. The molecule has 3 aromatic rings. The molecule has 31 heavy (non-hydrogen) atoms. The molecule has 4 rings (SSSR count). The Balaban J connectivity index is 1.48. The number of anilines is 1. The smallest absolute Gasteiger partial charge is 0.255 e. The van der Waals surface area contributed by atoms with Crippen LogP contribution in [0.3, 0.4) is 0 Å².